The maximum atomic E-state index is 12.9. The van der Waals surface area contributed by atoms with Crippen molar-refractivity contribution < 1.29 is 14.3 Å². The normalized spacial score (nSPS) is 26.4. The van der Waals surface area contributed by atoms with E-state index in [4.69, 9.17) is 4.74 Å². The number of hydrogen-bond donors (Lipinski definition) is 2. The lowest BCUT2D eigenvalue weighted by molar-refractivity contribution is -0.139. The molecule has 148 valence electrons. The number of ether oxygens (including phenoxy) is 1. The van der Waals surface area contributed by atoms with Crippen LogP contribution in [0.1, 0.15) is 19.3 Å². The van der Waals surface area contributed by atoms with Gasteiger partial charge in [0.15, 0.2) is 0 Å². The van der Waals surface area contributed by atoms with Crippen molar-refractivity contribution in [2.75, 3.05) is 45.7 Å². The van der Waals surface area contributed by atoms with Crippen LogP contribution in [0.4, 0.5) is 10.5 Å². The molecule has 1 aromatic rings. The first-order chi connectivity index (χ1) is 13.1. The molecule has 3 atom stereocenters. The lowest BCUT2D eigenvalue weighted by Gasteiger charge is -2.39. The molecular weight excluding hydrogens is 344 g/mol. The van der Waals surface area contributed by atoms with Crippen molar-refractivity contribution in [2.45, 2.75) is 31.4 Å². The second-order valence-electron chi connectivity index (χ2n) is 7.48. The molecule has 1 saturated heterocycles. The Morgan fingerprint density at radius 1 is 1.07 bits per heavy atom. The van der Waals surface area contributed by atoms with Gasteiger partial charge in [0.25, 0.3) is 0 Å². The van der Waals surface area contributed by atoms with Crippen LogP contribution in [0.5, 0.6) is 0 Å². The van der Waals surface area contributed by atoms with Crippen molar-refractivity contribution in [2.24, 2.45) is 5.92 Å². The number of amides is 3. The molecule has 1 heterocycles. The van der Waals surface area contributed by atoms with Crippen LogP contribution in [-0.4, -0.2) is 74.2 Å². The molecule has 1 aliphatic heterocycles. The summed E-state index contributed by atoms with van der Waals surface area (Å²) in [5.74, 6) is 0.162. The molecule has 1 aliphatic carbocycles. The van der Waals surface area contributed by atoms with Gasteiger partial charge in [-0.2, -0.15) is 0 Å². The molecule has 7 heteroatoms. The maximum absolute atomic E-state index is 12.9. The summed E-state index contributed by atoms with van der Waals surface area (Å²) < 4.78 is 5.57. The van der Waals surface area contributed by atoms with E-state index < -0.39 is 0 Å². The number of urea groups is 1. The van der Waals surface area contributed by atoms with Crippen LogP contribution in [0, 0.1) is 5.92 Å². The Kier molecular flexibility index (Phi) is 6.68. The molecule has 2 fully saturated rings. The quantitative estimate of drug-likeness (QED) is 0.842. The van der Waals surface area contributed by atoms with Crippen LogP contribution < -0.4 is 10.6 Å². The van der Waals surface area contributed by atoms with Gasteiger partial charge in [-0.3, -0.25) is 4.79 Å². The smallest absolute Gasteiger partial charge is 0.319 e. The molecule has 27 heavy (non-hydrogen) atoms. The molecule has 1 saturated carbocycles. The third-order valence-electron chi connectivity index (χ3n) is 5.60. The fraction of sp³-hybridized carbons (Fsp3) is 0.600. The average Bonchev–Trinajstić information content (AvgIpc) is 2.68. The number of likely N-dealkylation sites (N-methyl/N-ethyl adjacent to an activating group) is 1. The van der Waals surface area contributed by atoms with Gasteiger partial charge in [-0.1, -0.05) is 18.2 Å². The zero-order valence-electron chi connectivity index (χ0n) is 16.2. The Bertz CT molecular complexity index is 631. The number of rotatable bonds is 4. The molecular formula is C20H30N4O3. The molecule has 0 bridgehead atoms. The zero-order valence-corrected chi connectivity index (χ0v) is 16.2. The molecule has 0 spiro atoms. The van der Waals surface area contributed by atoms with Crippen molar-refractivity contribution in [1.29, 1.82) is 0 Å². The standard InChI is InChI=1S/C20H30N4O3/c1-23-10-12-24(13-11-23)19(25)15-8-9-18(27-2)17(14-15)22-20(26)21-16-6-4-3-5-7-16/h3-7,15,17-18H,8-14H2,1-2H3,(H2,21,22,26)/t15-,17+,18+/m0/s1. The van der Waals surface area contributed by atoms with Gasteiger partial charge < -0.3 is 25.2 Å². The van der Waals surface area contributed by atoms with Crippen molar-refractivity contribution >= 4 is 17.6 Å². The lowest BCUT2D eigenvalue weighted by Crippen LogP contribution is -2.53. The Labute approximate surface area is 161 Å². The number of benzene rings is 1. The van der Waals surface area contributed by atoms with E-state index in [2.05, 4.69) is 22.6 Å². The summed E-state index contributed by atoms with van der Waals surface area (Å²) >= 11 is 0. The minimum atomic E-state index is -0.263. The summed E-state index contributed by atoms with van der Waals surface area (Å²) in [6, 6.07) is 8.90. The summed E-state index contributed by atoms with van der Waals surface area (Å²) in [5.41, 5.74) is 0.741. The Balaban J connectivity index is 1.57. The third kappa shape index (κ3) is 5.20. The maximum Gasteiger partial charge on any atom is 0.319 e. The van der Waals surface area contributed by atoms with Gasteiger partial charge in [0, 0.05) is 44.9 Å². The van der Waals surface area contributed by atoms with Gasteiger partial charge in [-0.25, -0.2) is 4.79 Å². The number of carbonyl (C=O) groups is 2. The first-order valence-corrected chi connectivity index (χ1v) is 9.69. The summed E-state index contributed by atoms with van der Waals surface area (Å²) in [6.07, 6.45) is 2.13. The summed E-state index contributed by atoms with van der Waals surface area (Å²) in [6.45, 7) is 3.40. The van der Waals surface area contributed by atoms with Gasteiger partial charge in [0.2, 0.25) is 5.91 Å². The molecule has 3 amide bonds. The molecule has 1 aromatic carbocycles. The van der Waals surface area contributed by atoms with E-state index in [0.29, 0.717) is 6.42 Å². The first kappa shape index (κ1) is 19.6. The number of anilines is 1. The lowest BCUT2D eigenvalue weighted by atomic mass is 9.82. The van der Waals surface area contributed by atoms with Crippen molar-refractivity contribution in [1.82, 2.24) is 15.1 Å². The third-order valence-corrected chi connectivity index (χ3v) is 5.60. The minimum Gasteiger partial charge on any atom is -0.379 e. The Morgan fingerprint density at radius 2 is 1.78 bits per heavy atom. The molecule has 0 unspecified atom stereocenters. The zero-order chi connectivity index (χ0) is 19.2. The number of nitrogens with zero attached hydrogens (tertiary/aromatic N) is 2. The van der Waals surface area contributed by atoms with Crippen LogP contribution in [0.25, 0.3) is 0 Å². The highest BCUT2D eigenvalue weighted by Gasteiger charge is 2.37. The summed E-state index contributed by atoms with van der Waals surface area (Å²) in [4.78, 5) is 29.5. The van der Waals surface area contributed by atoms with E-state index >= 15 is 0 Å². The van der Waals surface area contributed by atoms with E-state index in [9.17, 15) is 9.59 Å². The first-order valence-electron chi connectivity index (χ1n) is 9.69. The van der Waals surface area contributed by atoms with Gasteiger partial charge >= 0.3 is 6.03 Å². The highest BCUT2D eigenvalue weighted by atomic mass is 16.5. The second-order valence-corrected chi connectivity index (χ2v) is 7.48. The van der Waals surface area contributed by atoms with Crippen LogP contribution >= 0.6 is 0 Å². The molecule has 0 radical (unpaired) electrons. The van der Waals surface area contributed by atoms with Crippen molar-refractivity contribution in [3.8, 4) is 0 Å². The number of nitrogens with one attached hydrogen (secondary N) is 2. The van der Waals surface area contributed by atoms with Gasteiger partial charge in [0.1, 0.15) is 0 Å². The van der Waals surface area contributed by atoms with Gasteiger partial charge in [-0.15, -0.1) is 0 Å². The topological polar surface area (TPSA) is 73.9 Å². The number of methoxy groups -OCH3 is 1. The van der Waals surface area contributed by atoms with Crippen LogP contribution in [-0.2, 0) is 9.53 Å². The largest absolute Gasteiger partial charge is 0.379 e. The highest BCUT2D eigenvalue weighted by molar-refractivity contribution is 5.89. The summed E-state index contributed by atoms with van der Waals surface area (Å²) in [7, 11) is 3.74. The number of carbonyl (C=O) groups excluding carboxylic acids is 2. The van der Waals surface area contributed by atoms with E-state index in [1.54, 1.807) is 7.11 Å². The van der Waals surface area contributed by atoms with E-state index in [1.165, 1.54) is 0 Å². The van der Waals surface area contributed by atoms with E-state index in [0.717, 1.165) is 44.7 Å². The number of hydrogen-bond acceptors (Lipinski definition) is 4. The molecule has 0 aromatic heterocycles. The molecule has 2 aliphatic rings. The van der Waals surface area contributed by atoms with Crippen LogP contribution in [0.2, 0.25) is 0 Å². The molecule has 7 nitrogen and oxygen atoms in total. The van der Waals surface area contributed by atoms with Gasteiger partial charge in [-0.05, 0) is 38.4 Å². The van der Waals surface area contributed by atoms with E-state index in [1.807, 2.05) is 35.2 Å². The van der Waals surface area contributed by atoms with Crippen molar-refractivity contribution in [3.05, 3.63) is 30.3 Å². The highest BCUT2D eigenvalue weighted by Crippen LogP contribution is 2.28. The summed E-state index contributed by atoms with van der Waals surface area (Å²) in [5, 5.41) is 5.85. The van der Waals surface area contributed by atoms with Crippen LogP contribution in [0.15, 0.2) is 30.3 Å². The second kappa shape index (κ2) is 9.19. The van der Waals surface area contributed by atoms with Crippen molar-refractivity contribution in [3.63, 3.8) is 0 Å². The molecule has 3 rings (SSSR count). The number of para-hydroxylation sites is 1. The SMILES string of the molecule is CO[C@@H]1CC[C@H](C(=O)N2CCN(C)CC2)C[C@H]1NC(=O)Nc1ccccc1. The average molecular weight is 374 g/mol. The van der Waals surface area contributed by atoms with Gasteiger partial charge in [0.05, 0.1) is 12.1 Å². The predicted octanol–water partition coefficient (Wildman–Crippen LogP) is 1.77. The van der Waals surface area contributed by atoms with Crippen LogP contribution in [0.3, 0.4) is 0 Å². The van der Waals surface area contributed by atoms with E-state index in [-0.39, 0.29) is 30.0 Å². The molecule has 2 N–H and O–H groups in total. The number of piperazine rings is 1. The minimum absolute atomic E-state index is 0.0539. The Hall–Kier alpha value is -2.12. The monoisotopic (exact) mass is 374 g/mol. The Morgan fingerprint density at radius 3 is 2.44 bits per heavy atom. The fourth-order valence-electron chi connectivity index (χ4n) is 3.94. The fourth-order valence-corrected chi connectivity index (χ4v) is 3.94. The predicted molar refractivity (Wildman–Crippen MR) is 105 cm³/mol.